The number of hydrogen-bond donors (Lipinski definition) is 1. The summed E-state index contributed by atoms with van der Waals surface area (Å²) in [6.45, 7) is 7.42. The molecule has 3 rings (SSSR count). The van der Waals surface area contributed by atoms with E-state index in [9.17, 15) is 0 Å². The van der Waals surface area contributed by atoms with E-state index in [1.165, 1.54) is 31.2 Å². The third-order valence-corrected chi connectivity index (χ3v) is 4.83. The van der Waals surface area contributed by atoms with Gasteiger partial charge in [0.1, 0.15) is 5.75 Å². The fraction of sp³-hybridized carbons (Fsp3) is 0.722. The van der Waals surface area contributed by atoms with Crippen LogP contribution in [0.3, 0.4) is 0 Å². The van der Waals surface area contributed by atoms with E-state index < -0.39 is 0 Å². The minimum absolute atomic E-state index is 0.197. The summed E-state index contributed by atoms with van der Waals surface area (Å²) >= 11 is 0. The van der Waals surface area contributed by atoms with Crippen molar-refractivity contribution < 1.29 is 4.74 Å². The predicted molar refractivity (Wildman–Crippen MR) is 85.4 cm³/mol. The summed E-state index contributed by atoms with van der Waals surface area (Å²) in [7, 11) is 0. The van der Waals surface area contributed by atoms with E-state index in [2.05, 4.69) is 37.1 Å². The van der Waals surface area contributed by atoms with E-state index in [0.717, 1.165) is 30.0 Å². The fourth-order valence-corrected chi connectivity index (χ4v) is 3.83. The van der Waals surface area contributed by atoms with E-state index in [1.807, 2.05) is 12.4 Å². The van der Waals surface area contributed by atoms with Gasteiger partial charge in [-0.15, -0.1) is 0 Å². The number of ether oxygens (including phenoxy) is 1. The van der Waals surface area contributed by atoms with Crippen molar-refractivity contribution in [2.75, 3.05) is 6.54 Å². The number of aromatic nitrogens is 1. The van der Waals surface area contributed by atoms with Crippen LogP contribution in [-0.2, 0) is 0 Å². The van der Waals surface area contributed by atoms with Gasteiger partial charge < -0.3 is 10.1 Å². The van der Waals surface area contributed by atoms with Crippen LogP contribution in [0, 0.1) is 17.8 Å². The summed E-state index contributed by atoms with van der Waals surface area (Å²) in [6.07, 6.45) is 9.47. The Balaban J connectivity index is 1.74. The van der Waals surface area contributed by atoms with Crippen molar-refractivity contribution in [3.63, 3.8) is 0 Å². The molecular formula is C18H28N2O. The highest BCUT2D eigenvalue weighted by Crippen LogP contribution is 2.57. The summed E-state index contributed by atoms with van der Waals surface area (Å²) in [4.78, 5) is 4.40. The van der Waals surface area contributed by atoms with Crippen molar-refractivity contribution in [1.29, 1.82) is 0 Å². The summed E-state index contributed by atoms with van der Waals surface area (Å²) < 4.78 is 5.81. The Morgan fingerprint density at radius 1 is 1.24 bits per heavy atom. The molecule has 0 amide bonds. The topological polar surface area (TPSA) is 34.2 Å². The van der Waals surface area contributed by atoms with Crippen LogP contribution in [0.2, 0.25) is 0 Å². The first-order valence-electron chi connectivity index (χ1n) is 8.52. The second kappa shape index (κ2) is 6.35. The first-order valence-corrected chi connectivity index (χ1v) is 8.52. The number of nitrogens with one attached hydrogen (secondary N) is 1. The lowest BCUT2D eigenvalue weighted by Gasteiger charge is -2.26. The standard InChI is InChI=1S/C18H28N2O/c1-4-5-20-18(15-7-13-6-14(13)8-15)16-9-17(11-19-10-16)21-12(2)3/h9-15,18,20H,4-8H2,1-3H3. The number of fused-ring (bicyclic) bond motifs is 1. The molecule has 2 aliphatic carbocycles. The molecule has 2 saturated carbocycles. The molecule has 1 heterocycles. The van der Waals surface area contributed by atoms with Crippen molar-refractivity contribution in [2.24, 2.45) is 17.8 Å². The number of pyridine rings is 1. The van der Waals surface area contributed by atoms with Gasteiger partial charge in [0.2, 0.25) is 0 Å². The quantitative estimate of drug-likeness (QED) is 0.824. The molecule has 1 aromatic rings. The van der Waals surface area contributed by atoms with Gasteiger partial charge in [-0.1, -0.05) is 6.92 Å². The zero-order chi connectivity index (χ0) is 14.8. The Kier molecular flexibility index (Phi) is 4.48. The lowest BCUT2D eigenvalue weighted by atomic mass is 9.89. The van der Waals surface area contributed by atoms with Crippen LogP contribution >= 0.6 is 0 Å². The van der Waals surface area contributed by atoms with Gasteiger partial charge in [-0.2, -0.15) is 0 Å². The molecule has 116 valence electrons. The number of nitrogens with zero attached hydrogens (tertiary/aromatic N) is 1. The monoisotopic (exact) mass is 288 g/mol. The highest BCUT2D eigenvalue weighted by atomic mass is 16.5. The summed E-state index contributed by atoms with van der Waals surface area (Å²) in [6, 6.07) is 2.63. The van der Waals surface area contributed by atoms with Crippen LogP contribution in [0.4, 0.5) is 0 Å². The molecule has 0 bridgehead atoms. The predicted octanol–water partition coefficient (Wildman–Crippen LogP) is 3.96. The van der Waals surface area contributed by atoms with Gasteiger partial charge in [-0.25, -0.2) is 0 Å². The van der Waals surface area contributed by atoms with Crippen molar-refractivity contribution in [1.82, 2.24) is 10.3 Å². The van der Waals surface area contributed by atoms with E-state index in [0.29, 0.717) is 6.04 Å². The van der Waals surface area contributed by atoms with Crippen LogP contribution in [-0.4, -0.2) is 17.6 Å². The highest BCUT2D eigenvalue weighted by Gasteiger charge is 2.48. The molecule has 0 spiro atoms. The van der Waals surface area contributed by atoms with E-state index in [1.54, 1.807) is 0 Å². The van der Waals surface area contributed by atoms with Crippen molar-refractivity contribution >= 4 is 0 Å². The van der Waals surface area contributed by atoms with Gasteiger partial charge in [0.15, 0.2) is 0 Å². The molecule has 3 heteroatoms. The third-order valence-electron chi connectivity index (χ3n) is 4.83. The van der Waals surface area contributed by atoms with Crippen molar-refractivity contribution in [2.45, 2.75) is 58.6 Å². The molecule has 0 aliphatic heterocycles. The minimum atomic E-state index is 0.197. The molecule has 0 radical (unpaired) electrons. The Morgan fingerprint density at radius 3 is 2.67 bits per heavy atom. The summed E-state index contributed by atoms with van der Waals surface area (Å²) in [5, 5.41) is 3.75. The first kappa shape index (κ1) is 14.8. The van der Waals surface area contributed by atoms with Crippen molar-refractivity contribution in [3.05, 3.63) is 24.0 Å². The molecule has 2 fully saturated rings. The van der Waals surface area contributed by atoms with E-state index in [-0.39, 0.29) is 6.10 Å². The molecule has 3 atom stereocenters. The average Bonchev–Trinajstić information content (AvgIpc) is 3.06. The fourth-order valence-electron chi connectivity index (χ4n) is 3.83. The molecule has 2 aliphatic rings. The van der Waals surface area contributed by atoms with Crippen LogP contribution in [0.5, 0.6) is 5.75 Å². The van der Waals surface area contributed by atoms with Gasteiger partial charge in [0.05, 0.1) is 12.3 Å². The van der Waals surface area contributed by atoms with Gasteiger partial charge in [-0.05, 0) is 75.5 Å². The van der Waals surface area contributed by atoms with Gasteiger partial charge in [0.25, 0.3) is 0 Å². The summed E-state index contributed by atoms with van der Waals surface area (Å²) in [5.41, 5.74) is 1.30. The van der Waals surface area contributed by atoms with Crippen LogP contribution in [0.25, 0.3) is 0 Å². The molecule has 21 heavy (non-hydrogen) atoms. The van der Waals surface area contributed by atoms with E-state index in [4.69, 9.17) is 4.74 Å². The Morgan fingerprint density at radius 2 is 2.00 bits per heavy atom. The maximum atomic E-state index is 5.81. The molecule has 0 aromatic carbocycles. The van der Waals surface area contributed by atoms with Crippen molar-refractivity contribution in [3.8, 4) is 5.75 Å². The second-order valence-electron chi connectivity index (χ2n) is 7.04. The Bertz CT molecular complexity index is 464. The number of rotatable bonds is 7. The maximum absolute atomic E-state index is 5.81. The largest absolute Gasteiger partial charge is 0.489 e. The maximum Gasteiger partial charge on any atom is 0.138 e. The molecule has 1 aromatic heterocycles. The van der Waals surface area contributed by atoms with Gasteiger partial charge >= 0.3 is 0 Å². The van der Waals surface area contributed by atoms with Crippen LogP contribution in [0.15, 0.2) is 18.5 Å². The Labute approximate surface area is 128 Å². The summed E-state index contributed by atoms with van der Waals surface area (Å²) in [5.74, 6) is 3.71. The molecule has 3 nitrogen and oxygen atoms in total. The lowest BCUT2D eigenvalue weighted by molar-refractivity contribution is 0.240. The van der Waals surface area contributed by atoms with Gasteiger partial charge in [0, 0.05) is 12.2 Å². The molecular weight excluding hydrogens is 260 g/mol. The molecule has 3 unspecified atom stereocenters. The lowest BCUT2D eigenvalue weighted by Crippen LogP contribution is -2.28. The zero-order valence-corrected chi connectivity index (χ0v) is 13.5. The van der Waals surface area contributed by atoms with Crippen LogP contribution in [0.1, 0.15) is 58.1 Å². The minimum Gasteiger partial charge on any atom is -0.489 e. The second-order valence-corrected chi connectivity index (χ2v) is 7.04. The average molecular weight is 288 g/mol. The van der Waals surface area contributed by atoms with Gasteiger partial charge in [-0.3, -0.25) is 4.98 Å². The highest BCUT2D eigenvalue weighted by molar-refractivity contribution is 5.27. The third kappa shape index (κ3) is 3.57. The normalized spacial score (nSPS) is 28.5. The zero-order valence-electron chi connectivity index (χ0n) is 13.5. The first-order chi connectivity index (χ1) is 10.2. The Hall–Kier alpha value is -1.09. The molecule has 1 N–H and O–H groups in total. The number of hydrogen-bond acceptors (Lipinski definition) is 3. The van der Waals surface area contributed by atoms with Crippen LogP contribution < -0.4 is 10.1 Å². The molecule has 0 saturated heterocycles. The van der Waals surface area contributed by atoms with E-state index >= 15 is 0 Å². The smallest absolute Gasteiger partial charge is 0.138 e. The SMILES string of the molecule is CCCNC(c1cncc(OC(C)C)c1)C1CC2CC2C1.